The van der Waals surface area contributed by atoms with Crippen molar-refractivity contribution in [3.63, 3.8) is 0 Å². The number of halogens is 1. The summed E-state index contributed by atoms with van der Waals surface area (Å²) in [5.74, 6) is -0.291. The third-order valence-corrected chi connectivity index (χ3v) is 2.09. The molecule has 0 bridgehead atoms. The van der Waals surface area contributed by atoms with Crippen molar-refractivity contribution in [1.82, 2.24) is 5.32 Å². The van der Waals surface area contributed by atoms with Gasteiger partial charge in [0.1, 0.15) is 11.6 Å². The highest BCUT2D eigenvalue weighted by atomic mass is 19.1. The molecule has 1 rings (SSSR count). The third-order valence-electron chi connectivity index (χ3n) is 2.09. The maximum absolute atomic E-state index is 13.0. The van der Waals surface area contributed by atoms with E-state index in [0.29, 0.717) is 24.6 Å². The lowest BCUT2D eigenvalue weighted by molar-refractivity contribution is -0.115. The average Bonchev–Trinajstić information content (AvgIpc) is 2.33. The van der Waals surface area contributed by atoms with E-state index < -0.39 is 5.82 Å². The zero-order valence-electron chi connectivity index (χ0n) is 10.3. The summed E-state index contributed by atoms with van der Waals surface area (Å²) in [4.78, 5) is 11.6. The molecule has 0 saturated heterocycles. The molecule has 0 unspecified atom stereocenters. The van der Waals surface area contributed by atoms with Gasteiger partial charge in [-0.2, -0.15) is 0 Å². The highest BCUT2D eigenvalue weighted by Gasteiger charge is 2.08. The summed E-state index contributed by atoms with van der Waals surface area (Å²) in [6.45, 7) is 6.44. The van der Waals surface area contributed by atoms with Gasteiger partial charge in [0.15, 0.2) is 0 Å². The fraction of sp³-hybridized carbons (Fsp3) is 0.308. The Balaban J connectivity index is 2.65. The monoisotopic (exact) mass is 252 g/mol. The van der Waals surface area contributed by atoms with Gasteiger partial charge >= 0.3 is 0 Å². The van der Waals surface area contributed by atoms with Crippen LogP contribution in [0.5, 0.6) is 5.75 Å². The second kappa shape index (κ2) is 7.45. The van der Waals surface area contributed by atoms with Crippen LogP contribution in [0, 0.1) is 5.82 Å². The molecule has 4 nitrogen and oxygen atoms in total. The summed E-state index contributed by atoms with van der Waals surface area (Å²) in [5.41, 5.74) is 0.462. The van der Waals surface area contributed by atoms with Crippen LogP contribution in [0.15, 0.2) is 30.9 Å². The Morgan fingerprint density at radius 2 is 2.33 bits per heavy atom. The molecule has 5 heteroatoms. The standard InChI is InChI=1S/C13H17FN2O2/c1-3-7-15-9-13(17)16-11-6-5-10(14)8-12(11)18-4-2/h3,5-6,8,15H,1,4,7,9H2,2H3,(H,16,17). The summed E-state index contributed by atoms with van der Waals surface area (Å²) in [6, 6.07) is 4.00. The molecular formula is C13H17FN2O2. The van der Waals surface area contributed by atoms with Crippen molar-refractivity contribution in [3.05, 3.63) is 36.7 Å². The van der Waals surface area contributed by atoms with E-state index in [-0.39, 0.29) is 12.5 Å². The molecule has 1 aromatic rings. The Hall–Kier alpha value is -1.88. The number of hydrogen-bond donors (Lipinski definition) is 2. The number of carbonyl (C=O) groups is 1. The molecule has 18 heavy (non-hydrogen) atoms. The smallest absolute Gasteiger partial charge is 0.238 e. The highest BCUT2D eigenvalue weighted by molar-refractivity contribution is 5.93. The maximum atomic E-state index is 13.0. The van der Waals surface area contributed by atoms with Crippen LogP contribution < -0.4 is 15.4 Å². The molecule has 0 aliphatic carbocycles. The fourth-order valence-electron chi connectivity index (χ4n) is 1.36. The maximum Gasteiger partial charge on any atom is 0.238 e. The molecule has 0 aromatic heterocycles. The molecule has 1 amide bonds. The van der Waals surface area contributed by atoms with Crippen molar-refractivity contribution < 1.29 is 13.9 Å². The van der Waals surface area contributed by atoms with Crippen LogP contribution in [-0.2, 0) is 4.79 Å². The van der Waals surface area contributed by atoms with Gasteiger partial charge in [0.05, 0.1) is 18.8 Å². The molecule has 0 heterocycles. The highest BCUT2D eigenvalue weighted by Crippen LogP contribution is 2.25. The van der Waals surface area contributed by atoms with Crippen LogP contribution in [0.2, 0.25) is 0 Å². The van der Waals surface area contributed by atoms with Crippen molar-refractivity contribution in [1.29, 1.82) is 0 Å². The summed E-state index contributed by atoms with van der Waals surface area (Å²) in [7, 11) is 0. The van der Waals surface area contributed by atoms with E-state index in [1.807, 2.05) is 0 Å². The van der Waals surface area contributed by atoms with E-state index in [2.05, 4.69) is 17.2 Å². The van der Waals surface area contributed by atoms with Crippen LogP contribution in [0.25, 0.3) is 0 Å². The van der Waals surface area contributed by atoms with Crippen LogP contribution >= 0.6 is 0 Å². The SMILES string of the molecule is C=CCNCC(=O)Nc1ccc(F)cc1OCC. The van der Waals surface area contributed by atoms with Gasteiger partial charge < -0.3 is 15.4 Å². The first-order chi connectivity index (χ1) is 8.67. The molecular weight excluding hydrogens is 235 g/mol. The van der Waals surface area contributed by atoms with Gasteiger partial charge in [-0.05, 0) is 19.1 Å². The van der Waals surface area contributed by atoms with Gasteiger partial charge in [0, 0.05) is 12.6 Å². The van der Waals surface area contributed by atoms with Gasteiger partial charge in [0.2, 0.25) is 5.91 Å². The number of nitrogens with one attached hydrogen (secondary N) is 2. The van der Waals surface area contributed by atoms with Crippen LogP contribution in [-0.4, -0.2) is 25.6 Å². The first-order valence-corrected chi connectivity index (χ1v) is 5.71. The largest absolute Gasteiger partial charge is 0.492 e. The normalized spacial score (nSPS) is 9.89. The van der Waals surface area contributed by atoms with E-state index in [0.717, 1.165) is 0 Å². The Morgan fingerprint density at radius 1 is 1.56 bits per heavy atom. The average molecular weight is 252 g/mol. The minimum absolute atomic E-state index is 0.162. The molecule has 2 N–H and O–H groups in total. The Morgan fingerprint density at radius 3 is 3.00 bits per heavy atom. The van der Waals surface area contributed by atoms with Crippen molar-refractivity contribution in [2.24, 2.45) is 0 Å². The fourth-order valence-corrected chi connectivity index (χ4v) is 1.36. The predicted octanol–water partition coefficient (Wildman–Crippen LogP) is 1.94. The van der Waals surface area contributed by atoms with Crippen molar-refractivity contribution in [3.8, 4) is 5.75 Å². The zero-order valence-corrected chi connectivity index (χ0v) is 10.3. The topological polar surface area (TPSA) is 50.4 Å². The molecule has 98 valence electrons. The van der Waals surface area contributed by atoms with Gasteiger partial charge in [-0.1, -0.05) is 6.08 Å². The van der Waals surface area contributed by atoms with E-state index in [4.69, 9.17) is 4.74 Å². The second-order valence-electron chi connectivity index (χ2n) is 3.54. The van der Waals surface area contributed by atoms with Gasteiger partial charge in [-0.3, -0.25) is 4.79 Å². The number of ether oxygens (including phenoxy) is 1. The molecule has 0 aliphatic rings. The Kier molecular flexibility index (Phi) is 5.87. The van der Waals surface area contributed by atoms with Crippen LogP contribution in [0.4, 0.5) is 10.1 Å². The number of carbonyl (C=O) groups excluding carboxylic acids is 1. The Labute approximate surface area is 106 Å². The minimum atomic E-state index is -0.402. The second-order valence-corrected chi connectivity index (χ2v) is 3.54. The van der Waals surface area contributed by atoms with Crippen molar-refractivity contribution in [2.45, 2.75) is 6.92 Å². The van der Waals surface area contributed by atoms with E-state index in [9.17, 15) is 9.18 Å². The quantitative estimate of drug-likeness (QED) is 0.576. The Bertz CT molecular complexity index is 421. The number of benzene rings is 1. The number of rotatable bonds is 7. The van der Waals surface area contributed by atoms with Crippen molar-refractivity contribution >= 4 is 11.6 Å². The third kappa shape index (κ3) is 4.55. The molecule has 0 saturated carbocycles. The zero-order chi connectivity index (χ0) is 13.4. The summed E-state index contributed by atoms with van der Waals surface area (Å²) in [6.07, 6.45) is 1.66. The lowest BCUT2D eigenvalue weighted by atomic mass is 10.2. The molecule has 0 fully saturated rings. The number of anilines is 1. The van der Waals surface area contributed by atoms with Gasteiger partial charge in [-0.15, -0.1) is 6.58 Å². The van der Waals surface area contributed by atoms with E-state index in [1.54, 1.807) is 13.0 Å². The van der Waals surface area contributed by atoms with Gasteiger partial charge in [-0.25, -0.2) is 4.39 Å². The molecule has 0 radical (unpaired) electrons. The number of amides is 1. The van der Waals surface area contributed by atoms with Crippen molar-refractivity contribution in [2.75, 3.05) is 25.0 Å². The predicted molar refractivity (Wildman–Crippen MR) is 69.3 cm³/mol. The molecule has 0 atom stereocenters. The van der Waals surface area contributed by atoms with E-state index >= 15 is 0 Å². The van der Waals surface area contributed by atoms with Crippen LogP contribution in [0.3, 0.4) is 0 Å². The van der Waals surface area contributed by atoms with Crippen LogP contribution in [0.1, 0.15) is 6.92 Å². The summed E-state index contributed by atoms with van der Waals surface area (Å²) < 4.78 is 18.3. The lowest BCUT2D eigenvalue weighted by Crippen LogP contribution is -2.28. The van der Waals surface area contributed by atoms with Gasteiger partial charge in [0.25, 0.3) is 0 Å². The first kappa shape index (κ1) is 14.2. The summed E-state index contributed by atoms with van der Waals surface area (Å²) in [5, 5.41) is 5.53. The number of hydrogen-bond acceptors (Lipinski definition) is 3. The minimum Gasteiger partial charge on any atom is -0.492 e. The molecule has 0 spiro atoms. The molecule has 1 aromatic carbocycles. The first-order valence-electron chi connectivity index (χ1n) is 5.71. The lowest BCUT2D eigenvalue weighted by Gasteiger charge is -2.11. The summed E-state index contributed by atoms with van der Waals surface area (Å²) >= 11 is 0. The van der Waals surface area contributed by atoms with E-state index in [1.165, 1.54) is 18.2 Å². The molecule has 0 aliphatic heterocycles.